The third-order valence-electron chi connectivity index (χ3n) is 2.88. The number of rotatable bonds is 5. The number of nitro groups is 1. The molecule has 0 aliphatic rings. The Morgan fingerprint density at radius 3 is 2.75 bits per heavy atom. The van der Waals surface area contributed by atoms with Gasteiger partial charge >= 0.3 is 5.69 Å². The number of nitrogens with two attached hydrogens (primary N) is 1. The Balaban J connectivity index is 2.39. The van der Waals surface area contributed by atoms with Crippen molar-refractivity contribution in [2.75, 3.05) is 11.1 Å². The molecular weight excluding hydrogens is 256 g/mol. The molecule has 0 unspecified atom stereocenters. The summed E-state index contributed by atoms with van der Waals surface area (Å²) in [6, 6.07) is 10.5. The van der Waals surface area contributed by atoms with Crippen LogP contribution in [0.3, 0.4) is 0 Å². The SMILES string of the molecule is CCCc1ccccc1Nc1nc(N)ccc1[N+](=O)[O-]. The molecule has 0 saturated carbocycles. The van der Waals surface area contributed by atoms with Gasteiger partial charge < -0.3 is 11.1 Å². The summed E-state index contributed by atoms with van der Waals surface area (Å²) < 4.78 is 0. The molecule has 2 aromatic rings. The molecule has 1 aromatic carbocycles. The average molecular weight is 272 g/mol. The number of aryl methyl sites for hydroxylation is 1. The number of pyridine rings is 1. The van der Waals surface area contributed by atoms with Gasteiger partial charge in [-0.3, -0.25) is 10.1 Å². The molecule has 0 saturated heterocycles. The maximum Gasteiger partial charge on any atom is 0.311 e. The Morgan fingerprint density at radius 1 is 1.30 bits per heavy atom. The first-order valence-electron chi connectivity index (χ1n) is 6.37. The quantitative estimate of drug-likeness (QED) is 0.643. The van der Waals surface area contributed by atoms with Gasteiger partial charge in [0.25, 0.3) is 0 Å². The van der Waals surface area contributed by atoms with Gasteiger partial charge in [-0.1, -0.05) is 31.5 Å². The third kappa shape index (κ3) is 3.03. The van der Waals surface area contributed by atoms with Crippen molar-refractivity contribution in [1.29, 1.82) is 0 Å². The van der Waals surface area contributed by atoms with Gasteiger partial charge in [0.15, 0.2) is 0 Å². The number of hydrogen-bond acceptors (Lipinski definition) is 5. The summed E-state index contributed by atoms with van der Waals surface area (Å²) >= 11 is 0. The Bertz CT molecular complexity index is 628. The number of nitrogens with zero attached hydrogens (tertiary/aromatic N) is 2. The summed E-state index contributed by atoms with van der Waals surface area (Å²) in [5.41, 5.74) is 7.42. The molecule has 6 nitrogen and oxygen atoms in total. The number of para-hydroxylation sites is 1. The maximum atomic E-state index is 11.0. The van der Waals surface area contributed by atoms with Crippen molar-refractivity contribution >= 4 is 23.0 Å². The fourth-order valence-electron chi connectivity index (χ4n) is 1.96. The Morgan fingerprint density at radius 2 is 2.05 bits per heavy atom. The van der Waals surface area contributed by atoms with Gasteiger partial charge in [-0.25, -0.2) is 4.98 Å². The number of nitrogen functional groups attached to an aromatic ring is 1. The van der Waals surface area contributed by atoms with Crippen molar-refractivity contribution in [3.05, 3.63) is 52.1 Å². The van der Waals surface area contributed by atoms with Gasteiger partial charge in [-0.05, 0) is 24.1 Å². The molecule has 1 aromatic heterocycles. The van der Waals surface area contributed by atoms with Crippen LogP contribution in [0.15, 0.2) is 36.4 Å². The summed E-state index contributed by atoms with van der Waals surface area (Å²) in [5.74, 6) is 0.407. The van der Waals surface area contributed by atoms with Crippen LogP contribution in [0.5, 0.6) is 0 Å². The van der Waals surface area contributed by atoms with Gasteiger partial charge in [0.1, 0.15) is 5.82 Å². The Hall–Kier alpha value is -2.63. The molecule has 0 radical (unpaired) electrons. The molecule has 1 heterocycles. The molecular formula is C14H16N4O2. The van der Waals surface area contributed by atoms with Gasteiger partial charge in [-0.2, -0.15) is 0 Å². The number of aromatic nitrogens is 1. The summed E-state index contributed by atoms with van der Waals surface area (Å²) in [5, 5.41) is 14.0. The van der Waals surface area contributed by atoms with E-state index in [9.17, 15) is 10.1 Å². The van der Waals surface area contributed by atoms with Crippen LogP contribution in [0.1, 0.15) is 18.9 Å². The van der Waals surface area contributed by atoms with E-state index in [0.29, 0.717) is 0 Å². The first-order chi connectivity index (χ1) is 9.61. The van der Waals surface area contributed by atoms with E-state index in [-0.39, 0.29) is 17.3 Å². The standard InChI is InChI=1S/C14H16N4O2/c1-2-5-10-6-3-4-7-11(10)16-14-12(18(19)20)8-9-13(15)17-14/h3-4,6-9H,2,5H2,1H3,(H3,15,16,17). The molecule has 20 heavy (non-hydrogen) atoms. The van der Waals surface area contributed by atoms with Gasteiger partial charge in [0.2, 0.25) is 5.82 Å². The van der Waals surface area contributed by atoms with Gasteiger partial charge in [-0.15, -0.1) is 0 Å². The van der Waals surface area contributed by atoms with E-state index in [1.807, 2.05) is 24.3 Å². The lowest BCUT2D eigenvalue weighted by Crippen LogP contribution is -2.03. The van der Waals surface area contributed by atoms with E-state index in [0.717, 1.165) is 24.1 Å². The molecule has 104 valence electrons. The van der Waals surface area contributed by atoms with Crippen molar-refractivity contribution in [2.24, 2.45) is 0 Å². The first-order valence-corrected chi connectivity index (χ1v) is 6.37. The number of nitrogens with one attached hydrogen (secondary N) is 1. The highest BCUT2D eigenvalue weighted by Crippen LogP contribution is 2.28. The molecule has 2 rings (SSSR count). The molecule has 0 amide bonds. The van der Waals surface area contributed by atoms with E-state index in [2.05, 4.69) is 17.2 Å². The topological polar surface area (TPSA) is 94.1 Å². The van der Waals surface area contributed by atoms with Crippen molar-refractivity contribution in [2.45, 2.75) is 19.8 Å². The number of hydrogen-bond donors (Lipinski definition) is 2. The minimum Gasteiger partial charge on any atom is -0.384 e. The Kier molecular flexibility index (Phi) is 4.14. The van der Waals surface area contributed by atoms with Crippen LogP contribution in [-0.4, -0.2) is 9.91 Å². The molecule has 0 bridgehead atoms. The monoisotopic (exact) mass is 272 g/mol. The Labute approximate surface area is 116 Å². The van der Waals surface area contributed by atoms with Crippen LogP contribution in [-0.2, 0) is 6.42 Å². The number of anilines is 3. The zero-order valence-electron chi connectivity index (χ0n) is 11.2. The molecule has 6 heteroatoms. The van der Waals surface area contributed by atoms with Crippen molar-refractivity contribution in [3.63, 3.8) is 0 Å². The zero-order valence-corrected chi connectivity index (χ0v) is 11.2. The van der Waals surface area contributed by atoms with Crippen LogP contribution in [0.4, 0.5) is 23.0 Å². The van der Waals surface area contributed by atoms with E-state index >= 15 is 0 Å². The summed E-state index contributed by atoms with van der Waals surface area (Å²) in [4.78, 5) is 14.6. The second kappa shape index (κ2) is 6.01. The van der Waals surface area contributed by atoms with Crippen molar-refractivity contribution in [1.82, 2.24) is 4.98 Å². The second-order valence-corrected chi connectivity index (χ2v) is 4.39. The molecule has 0 atom stereocenters. The minimum absolute atomic E-state index is 0.0921. The molecule has 0 fully saturated rings. The number of benzene rings is 1. The molecule has 0 aliphatic heterocycles. The largest absolute Gasteiger partial charge is 0.384 e. The molecule has 3 N–H and O–H groups in total. The average Bonchev–Trinajstić information content (AvgIpc) is 2.41. The fourth-order valence-corrected chi connectivity index (χ4v) is 1.96. The lowest BCUT2D eigenvalue weighted by atomic mass is 10.1. The fraction of sp³-hybridized carbons (Fsp3) is 0.214. The minimum atomic E-state index is -0.475. The third-order valence-corrected chi connectivity index (χ3v) is 2.88. The maximum absolute atomic E-state index is 11.0. The van der Waals surface area contributed by atoms with E-state index < -0.39 is 4.92 Å². The van der Waals surface area contributed by atoms with Gasteiger partial charge in [0.05, 0.1) is 4.92 Å². The smallest absolute Gasteiger partial charge is 0.311 e. The normalized spacial score (nSPS) is 10.2. The second-order valence-electron chi connectivity index (χ2n) is 4.39. The summed E-state index contributed by atoms with van der Waals surface area (Å²) in [7, 11) is 0. The lowest BCUT2D eigenvalue weighted by molar-refractivity contribution is -0.384. The van der Waals surface area contributed by atoms with Crippen LogP contribution in [0, 0.1) is 10.1 Å². The van der Waals surface area contributed by atoms with Crippen LogP contribution >= 0.6 is 0 Å². The van der Waals surface area contributed by atoms with Crippen LogP contribution in [0.25, 0.3) is 0 Å². The van der Waals surface area contributed by atoms with Crippen molar-refractivity contribution < 1.29 is 4.92 Å². The highest BCUT2D eigenvalue weighted by Gasteiger charge is 2.16. The van der Waals surface area contributed by atoms with Crippen LogP contribution < -0.4 is 11.1 Å². The van der Waals surface area contributed by atoms with E-state index in [1.54, 1.807) is 0 Å². The lowest BCUT2D eigenvalue weighted by Gasteiger charge is -2.11. The van der Waals surface area contributed by atoms with Crippen LogP contribution in [0.2, 0.25) is 0 Å². The molecule has 0 spiro atoms. The van der Waals surface area contributed by atoms with Crippen molar-refractivity contribution in [3.8, 4) is 0 Å². The highest BCUT2D eigenvalue weighted by atomic mass is 16.6. The van der Waals surface area contributed by atoms with E-state index in [1.165, 1.54) is 12.1 Å². The zero-order chi connectivity index (χ0) is 14.5. The van der Waals surface area contributed by atoms with E-state index in [4.69, 9.17) is 5.73 Å². The summed E-state index contributed by atoms with van der Waals surface area (Å²) in [6.45, 7) is 2.08. The predicted molar refractivity (Wildman–Crippen MR) is 79.0 cm³/mol. The highest BCUT2D eigenvalue weighted by molar-refractivity contribution is 5.69. The van der Waals surface area contributed by atoms with Gasteiger partial charge in [0, 0.05) is 11.8 Å². The molecule has 0 aliphatic carbocycles. The first kappa shape index (κ1) is 13.8. The summed E-state index contributed by atoms with van der Waals surface area (Å²) in [6.07, 6.45) is 1.88. The predicted octanol–water partition coefficient (Wildman–Crippen LogP) is 3.27.